The number of halogens is 2. The second kappa shape index (κ2) is 26.6. The van der Waals surface area contributed by atoms with E-state index in [-0.39, 0.29) is 46.5 Å². The van der Waals surface area contributed by atoms with Crippen LogP contribution in [0.5, 0.6) is 0 Å². The summed E-state index contributed by atoms with van der Waals surface area (Å²) in [5.74, 6) is 0. The zero-order chi connectivity index (χ0) is 3.41. The summed E-state index contributed by atoms with van der Waals surface area (Å²) in [5.41, 5.74) is 0. The van der Waals surface area contributed by atoms with E-state index in [1.54, 1.807) is 0 Å². The Morgan fingerprint density at radius 3 is 1.43 bits per heavy atom. The molecule has 0 rings (SSSR count). The predicted octanol–water partition coefficient (Wildman–Crippen LogP) is -4.37. The fourth-order valence-electron chi connectivity index (χ4n) is 0. The molecule has 0 aliphatic carbocycles. The summed E-state index contributed by atoms with van der Waals surface area (Å²) in [5, 5.41) is 0. The maximum atomic E-state index is 3.60. The van der Waals surface area contributed by atoms with Gasteiger partial charge >= 0.3 is 21.7 Å². The van der Waals surface area contributed by atoms with Gasteiger partial charge in [0.2, 0.25) is 0 Å². The fourth-order valence-corrected chi connectivity index (χ4v) is 0. The van der Waals surface area contributed by atoms with Gasteiger partial charge in [-0.05, 0) is 0 Å². The molecule has 0 fully saturated rings. The van der Waals surface area contributed by atoms with E-state index in [9.17, 15) is 0 Å². The Morgan fingerprint density at radius 2 is 1.43 bits per heavy atom. The SMILES string of the molecule is [CH2-]CCC.[Cl-].[Cl-].[Ti+3]. The normalized spacial score (nSPS) is 4.29. The van der Waals surface area contributed by atoms with Crippen molar-refractivity contribution >= 4 is 0 Å². The maximum Gasteiger partial charge on any atom is 3.00 e. The molecule has 0 aromatic heterocycles. The molecule has 1 radical (unpaired) electrons. The van der Waals surface area contributed by atoms with Crippen LogP contribution < -0.4 is 24.8 Å². The van der Waals surface area contributed by atoms with E-state index < -0.39 is 0 Å². The molecule has 0 amide bonds. The van der Waals surface area contributed by atoms with E-state index in [2.05, 4.69) is 13.8 Å². The second-order valence-corrected chi connectivity index (χ2v) is 0.854. The van der Waals surface area contributed by atoms with E-state index in [1.165, 1.54) is 6.42 Å². The van der Waals surface area contributed by atoms with Crippen LogP contribution in [-0.2, 0) is 21.7 Å². The first kappa shape index (κ1) is 23.9. The maximum absolute atomic E-state index is 3.60. The summed E-state index contributed by atoms with van der Waals surface area (Å²) in [7, 11) is 0. The van der Waals surface area contributed by atoms with Gasteiger partial charge in [0.15, 0.2) is 0 Å². The van der Waals surface area contributed by atoms with Crippen LogP contribution in [-0.4, -0.2) is 0 Å². The summed E-state index contributed by atoms with van der Waals surface area (Å²) in [4.78, 5) is 0. The van der Waals surface area contributed by atoms with Crippen molar-refractivity contribution in [2.24, 2.45) is 0 Å². The molecule has 0 aliphatic rings. The standard InChI is InChI=1S/C4H9.2ClH.Ti/c1-3-4-2;;;/h1,3-4H2,2H3;2*1H;/q-1;;;+3/p-2. The topological polar surface area (TPSA) is 0 Å². The van der Waals surface area contributed by atoms with E-state index in [0.29, 0.717) is 0 Å². The van der Waals surface area contributed by atoms with Crippen molar-refractivity contribution in [1.29, 1.82) is 0 Å². The molecule has 0 unspecified atom stereocenters. The van der Waals surface area contributed by atoms with Gasteiger partial charge in [-0.25, -0.2) is 0 Å². The Balaban J connectivity index is -0.0000000150. The molecule has 0 nitrogen and oxygen atoms in total. The monoisotopic (exact) mass is 175 g/mol. The van der Waals surface area contributed by atoms with Crippen LogP contribution in [0.25, 0.3) is 0 Å². The molecule has 0 atom stereocenters. The fraction of sp³-hybridized carbons (Fsp3) is 0.750. The Hall–Kier alpha value is 1.29. The molecule has 0 bridgehead atoms. The third-order valence-electron chi connectivity index (χ3n) is 0.354. The average Bonchev–Trinajstić information content (AvgIpc) is 1.37. The van der Waals surface area contributed by atoms with Crippen molar-refractivity contribution < 1.29 is 46.5 Å². The van der Waals surface area contributed by atoms with Crippen LogP contribution in [0.3, 0.4) is 0 Å². The molecule has 0 aliphatic heterocycles. The molecule has 0 spiro atoms. The van der Waals surface area contributed by atoms with Crippen molar-refractivity contribution in [1.82, 2.24) is 0 Å². The third-order valence-corrected chi connectivity index (χ3v) is 0.354. The zero-order valence-electron chi connectivity index (χ0n) is 4.38. The summed E-state index contributed by atoms with van der Waals surface area (Å²) < 4.78 is 0. The minimum atomic E-state index is 0. The summed E-state index contributed by atoms with van der Waals surface area (Å²) in [6.45, 7) is 5.72. The minimum absolute atomic E-state index is 0. The first-order valence-electron chi connectivity index (χ1n) is 1.71. The first-order valence-corrected chi connectivity index (χ1v) is 1.71. The van der Waals surface area contributed by atoms with Gasteiger partial charge in [-0.15, -0.1) is 0 Å². The number of hydrogen-bond acceptors (Lipinski definition) is 0. The minimum Gasteiger partial charge on any atom is -1.00 e. The van der Waals surface area contributed by atoms with Gasteiger partial charge in [0, 0.05) is 0 Å². The van der Waals surface area contributed by atoms with Crippen molar-refractivity contribution in [2.75, 3.05) is 0 Å². The van der Waals surface area contributed by atoms with E-state index in [1.807, 2.05) is 0 Å². The van der Waals surface area contributed by atoms with E-state index in [0.717, 1.165) is 6.42 Å². The van der Waals surface area contributed by atoms with E-state index >= 15 is 0 Å². The number of unbranched alkanes of at least 4 members (excludes halogenated alkanes) is 1. The van der Waals surface area contributed by atoms with Crippen molar-refractivity contribution in [3.8, 4) is 0 Å². The predicted molar refractivity (Wildman–Crippen MR) is 20.3 cm³/mol. The first-order chi connectivity index (χ1) is 1.91. The molecule has 0 saturated heterocycles. The Labute approximate surface area is 73.1 Å². The summed E-state index contributed by atoms with van der Waals surface area (Å²) >= 11 is 0. The van der Waals surface area contributed by atoms with Gasteiger partial charge in [-0.3, -0.25) is 0 Å². The van der Waals surface area contributed by atoms with E-state index in [4.69, 9.17) is 0 Å². The van der Waals surface area contributed by atoms with Gasteiger partial charge in [-0.1, -0.05) is 13.3 Å². The Bertz CT molecular complexity index is 11.7. The molecule has 43 valence electrons. The quantitative estimate of drug-likeness (QED) is 0.279. The Morgan fingerprint density at radius 1 is 1.29 bits per heavy atom. The number of rotatable bonds is 1. The smallest absolute Gasteiger partial charge is 1.00 e. The van der Waals surface area contributed by atoms with Gasteiger partial charge in [0.05, 0.1) is 0 Å². The molecule has 7 heavy (non-hydrogen) atoms. The molecule has 0 saturated carbocycles. The van der Waals surface area contributed by atoms with Crippen LogP contribution in [0.15, 0.2) is 0 Å². The van der Waals surface area contributed by atoms with Crippen LogP contribution in [0.4, 0.5) is 0 Å². The second-order valence-electron chi connectivity index (χ2n) is 0.854. The van der Waals surface area contributed by atoms with Crippen LogP contribution >= 0.6 is 0 Å². The average molecular weight is 176 g/mol. The van der Waals surface area contributed by atoms with Crippen LogP contribution in [0, 0.1) is 6.92 Å². The molecular weight excluding hydrogens is 167 g/mol. The van der Waals surface area contributed by atoms with Crippen LogP contribution in [0.1, 0.15) is 19.8 Å². The Kier molecular flexibility index (Phi) is 91.0. The number of hydrogen-bond donors (Lipinski definition) is 0. The van der Waals surface area contributed by atoms with Gasteiger partial charge < -0.3 is 31.7 Å². The summed E-state index contributed by atoms with van der Waals surface area (Å²) in [6.07, 6.45) is 2.28. The molecule has 0 aromatic carbocycles. The molecule has 0 N–H and O–H groups in total. The van der Waals surface area contributed by atoms with Crippen LogP contribution in [0.2, 0.25) is 0 Å². The largest absolute Gasteiger partial charge is 3.00 e. The molecular formula is C4H9Cl2Ti. The van der Waals surface area contributed by atoms with Crippen molar-refractivity contribution in [3.05, 3.63) is 6.92 Å². The summed E-state index contributed by atoms with van der Waals surface area (Å²) in [6, 6.07) is 0. The molecule has 0 aromatic rings. The van der Waals surface area contributed by atoms with Crippen molar-refractivity contribution in [2.45, 2.75) is 19.8 Å². The molecule has 3 heteroatoms. The van der Waals surface area contributed by atoms with Gasteiger partial charge in [-0.2, -0.15) is 6.42 Å². The van der Waals surface area contributed by atoms with Crippen molar-refractivity contribution in [3.63, 3.8) is 0 Å². The zero-order valence-corrected chi connectivity index (χ0v) is 7.45. The van der Waals surface area contributed by atoms with Gasteiger partial charge in [0.1, 0.15) is 0 Å². The molecule has 0 heterocycles. The third kappa shape index (κ3) is 38.8. The van der Waals surface area contributed by atoms with Gasteiger partial charge in [0.25, 0.3) is 0 Å².